The average molecular weight is 288 g/mol. The molecule has 3 rings (SSSR count). The Morgan fingerprint density at radius 3 is 2.67 bits per heavy atom. The van der Waals surface area contributed by atoms with E-state index in [9.17, 15) is 8.78 Å². The summed E-state index contributed by atoms with van der Waals surface area (Å²) in [5.41, 5.74) is 4.28. The van der Waals surface area contributed by atoms with Crippen LogP contribution in [0.25, 0.3) is 11.0 Å². The Labute approximate surface area is 120 Å². The van der Waals surface area contributed by atoms with Crippen LogP contribution in [-0.2, 0) is 0 Å². The second-order valence-corrected chi connectivity index (χ2v) is 4.91. The van der Waals surface area contributed by atoms with Crippen LogP contribution in [0.3, 0.4) is 0 Å². The number of hydrazine groups is 1. The van der Waals surface area contributed by atoms with Crippen LogP contribution in [0.5, 0.6) is 0 Å². The molecule has 0 aliphatic heterocycles. The van der Waals surface area contributed by atoms with Crippen molar-refractivity contribution in [2.75, 3.05) is 0 Å². The van der Waals surface area contributed by atoms with Crippen molar-refractivity contribution in [2.24, 2.45) is 5.84 Å². The highest BCUT2D eigenvalue weighted by atomic mass is 19.1. The zero-order valence-electron chi connectivity index (χ0n) is 11.4. The quantitative estimate of drug-likeness (QED) is 0.572. The standard InChI is InChI=1S/C16H14F2N2O/c1-9-5-6-11(17)8-12(9)15(20-19)14-7-10-3-2-4-13(18)16(10)21-14/h2-8,15,20H,19H2,1H3. The molecule has 0 bridgehead atoms. The van der Waals surface area contributed by atoms with Gasteiger partial charge in [0.2, 0.25) is 0 Å². The van der Waals surface area contributed by atoms with Crippen molar-refractivity contribution in [3.05, 3.63) is 71.0 Å². The lowest BCUT2D eigenvalue weighted by atomic mass is 9.99. The smallest absolute Gasteiger partial charge is 0.169 e. The lowest BCUT2D eigenvalue weighted by Crippen LogP contribution is -2.29. The maximum atomic E-state index is 13.7. The number of fused-ring (bicyclic) bond motifs is 1. The number of nitrogens with one attached hydrogen (secondary N) is 1. The highest BCUT2D eigenvalue weighted by Crippen LogP contribution is 2.30. The molecule has 0 amide bonds. The lowest BCUT2D eigenvalue weighted by Gasteiger charge is -2.16. The van der Waals surface area contributed by atoms with Crippen LogP contribution in [-0.4, -0.2) is 0 Å². The third-order valence-electron chi connectivity index (χ3n) is 3.52. The van der Waals surface area contributed by atoms with Gasteiger partial charge in [-0.2, -0.15) is 0 Å². The molecule has 0 radical (unpaired) electrons. The van der Waals surface area contributed by atoms with E-state index >= 15 is 0 Å². The predicted molar refractivity (Wildman–Crippen MR) is 76.5 cm³/mol. The van der Waals surface area contributed by atoms with Crippen molar-refractivity contribution < 1.29 is 13.2 Å². The molecule has 0 fully saturated rings. The molecule has 5 heteroatoms. The third-order valence-corrected chi connectivity index (χ3v) is 3.52. The Morgan fingerprint density at radius 2 is 1.95 bits per heavy atom. The van der Waals surface area contributed by atoms with E-state index in [0.29, 0.717) is 16.7 Å². The van der Waals surface area contributed by atoms with Crippen molar-refractivity contribution in [2.45, 2.75) is 13.0 Å². The molecule has 3 nitrogen and oxygen atoms in total. The summed E-state index contributed by atoms with van der Waals surface area (Å²) in [6, 6.07) is 10.3. The van der Waals surface area contributed by atoms with Crippen molar-refractivity contribution in [3.8, 4) is 0 Å². The molecular formula is C16H14F2N2O. The molecule has 0 aliphatic carbocycles. The number of furan rings is 1. The minimum absolute atomic E-state index is 0.168. The number of benzene rings is 2. The maximum absolute atomic E-state index is 13.7. The van der Waals surface area contributed by atoms with E-state index in [2.05, 4.69) is 5.43 Å². The summed E-state index contributed by atoms with van der Waals surface area (Å²) in [5.74, 6) is 5.22. The first-order valence-corrected chi connectivity index (χ1v) is 6.50. The molecule has 3 N–H and O–H groups in total. The third kappa shape index (κ3) is 2.41. The molecule has 2 aromatic carbocycles. The van der Waals surface area contributed by atoms with Gasteiger partial charge in [0.05, 0.1) is 0 Å². The van der Waals surface area contributed by atoms with Gasteiger partial charge in [-0.3, -0.25) is 5.84 Å². The van der Waals surface area contributed by atoms with Crippen LogP contribution < -0.4 is 11.3 Å². The summed E-state index contributed by atoms with van der Waals surface area (Å²) < 4.78 is 32.7. The fraction of sp³-hybridized carbons (Fsp3) is 0.125. The first-order valence-electron chi connectivity index (χ1n) is 6.50. The number of rotatable bonds is 3. The molecule has 1 aromatic heterocycles. The molecule has 0 saturated carbocycles. The number of hydrogen-bond donors (Lipinski definition) is 2. The Bertz CT molecular complexity index is 798. The molecular weight excluding hydrogens is 274 g/mol. The number of halogens is 2. The van der Waals surface area contributed by atoms with Gasteiger partial charge < -0.3 is 4.42 Å². The van der Waals surface area contributed by atoms with Crippen LogP contribution in [0.2, 0.25) is 0 Å². The van der Waals surface area contributed by atoms with Crippen molar-refractivity contribution >= 4 is 11.0 Å². The fourth-order valence-corrected chi connectivity index (χ4v) is 2.44. The Hall–Kier alpha value is -2.24. The first-order chi connectivity index (χ1) is 10.1. The number of para-hydroxylation sites is 1. The molecule has 0 aliphatic rings. The van der Waals surface area contributed by atoms with Gasteiger partial charge in [-0.05, 0) is 42.3 Å². The predicted octanol–water partition coefficient (Wildman–Crippen LogP) is 3.57. The summed E-state index contributed by atoms with van der Waals surface area (Å²) >= 11 is 0. The van der Waals surface area contributed by atoms with Crippen molar-refractivity contribution in [1.82, 2.24) is 5.43 Å². The van der Waals surface area contributed by atoms with Crippen molar-refractivity contribution in [3.63, 3.8) is 0 Å². The van der Waals surface area contributed by atoms with E-state index < -0.39 is 11.9 Å². The number of hydrogen-bond acceptors (Lipinski definition) is 3. The molecule has 1 heterocycles. The van der Waals surface area contributed by atoms with Crippen molar-refractivity contribution in [1.29, 1.82) is 0 Å². The van der Waals surface area contributed by atoms with Gasteiger partial charge in [0.1, 0.15) is 17.6 Å². The monoisotopic (exact) mass is 288 g/mol. The SMILES string of the molecule is Cc1ccc(F)cc1C(NN)c1cc2cccc(F)c2o1. The topological polar surface area (TPSA) is 51.2 Å². The Morgan fingerprint density at radius 1 is 1.14 bits per heavy atom. The fourth-order valence-electron chi connectivity index (χ4n) is 2.44. The van der Waals surface area contributed by atoms with E-state index in [1.165, 1.54) is 18.2 Å². The molecule has 0 saturated heterocycles. The molecule has 108 valence electrons. The number of aryl methyl sites for hydroxylation is 1. The van der Waals surface area contributed by atoms with Crippen LogP contribution in [0.1, 0.15) is 22.9 Å². The summed E-state index contributed by atoms with van der Waals surface area (Å²) in [7, 11) is 0. The lowest BCUT2D eigenvalue weighted by molar-refractivity contribution is 0.462. The van der Waals surface area contributed by atoms with E-state index in [-0.39, 0.29) is 11.4 Å². The molecule has 1 atom stereocenters. The average Bonchev–Trinajstić information content (AvgIpc) is 2.89. The second-order valence-electron chi connectivity index (χ2n) is 4.91. The Balaban J connectivity index is 2.13. The van der Waals surface area contributed by atoms with E-state index in [4.69, 9.17) is 10.3 Å². The van der Waals surface area contributed by atoms with Gasteiger partial charge in [0.15, 0.2) is 11.4 Å². The molecule has 0 spiro atoms. The highest BCUT2D eigenvalue weighted by molar-refractivity contribution is 5.78. The Kier molecular flexibility index (Phi) is 3.45. The molecule has 3 aromatic rings. The number of nitrogens with two attached hydrogens (primary N) is 1. The minimum atomic E-state index is -0.549. The zero-order valence-corrected chi connectivity index (χ0v) is 11.4. The largest absolute Gasteiger partial charge is 0.456 e. The normalized spacial score (nSPS) is 12.8. The first kappa shape index (κ1) is 13.7. The summed E-state index contributed by atoms with van der Waals surface area (Å²) in [4.78, 5) is 0. The second kappa shape index (κ2) is 5.27. The van der Waals surface area contributed by atoms with E-state index in [0.717, 1.165) is 5.56 Å². The van der Waals surface area contributed by atoms with E-state index in [1.807, 2.05) is 6.92 Å². The van der Waals surface area contributed by atoms with Gasteiger partial charge in [0, 0.05) is 5.39 Å². The molecule has 1 unspecified atom stereocenters. The van der Waals surface area contributed by atoms with Crippen LogP contribution >= 0.6 is 0 Å². The minimum Gasteiger partial charge on any atom is -0.456 e. The summed E-state index contributed by atoms with van der Waals surface area (Å²) in [6.07, 6.45) is 0. The van der Waals surface area contributed by atoms with Gasteiger partial charge in [-0.15, -0.1) is 0 Å². The van der Waals surface area contributed by atoms with E-state index in [1.54, 1.807) is 24.3 Å². The van der Waals surface area contributed by atoms with Gasteiger partial charge in [-0.1, -0.05) is 18.2 Å². The van der Waals surface area contributed by atoms with Gasteiger partial charge in [0.25, 0.3) is 0 Å². The zero-order chi connectivity index (χ0) is 15.0. The van der Waals surface area contributed by atoms with Gasteiger partial charge >= 0.3 is 0 Å². The summed E-state index contributed by atoms with van der Waals surface area (Å²) in [6.45, 7) is 1.85. The highest BCUT2D eigenvalue weighted by Gasteiger charge is 2.20. The van der Waals surface area contributed by atoms with Crippen LogP contribution in [0.4, 0.5) is 8.78 Å². The molecule has 21 heavy (non-hydrogen) atoms. The van der Waals surface area contributed by atoms with Crippen LogP contribution in [0.15, 0.2) is 46.9 Å². The maximum Gasteiger partial charge on any atom is 0.169 e. The van der Waals surface area contributed by atoms with Gasteiger partial charge in [-0.25, -0.2) is 14.2 Å². The van der Waals surface area contributed by atoms with Crippen LogP contribution in [0, 0.1) is 18.6 Å². The summed E-state index contributed by atoms with van der Waals surface area (Å²) in [5, 5.41) is 0.638.